The number of halogens is 1. The number of H-pyrrole nitrogens is 1. The fourth-order valence-corrected chi connectivity index (χ4v) is 2.98. The quantitative estimate of drug-likeness (QED) is 0.676. The summed E-state index contributed by atoms with van der Waals surface area (Å²) in [6.45, 7) is 2.07. The lowest BCUT2D eigenvalue weighted by Crippen LogP contribution is -1.95. The second-order valence-electron chi connectivity index (χ2n) is 4.61. The Bertz CT molecular complexity index is 851. The van der Waals surface area contributed by atoms with Gasteiger partial charge in [0.05, 0.1) is 28.3 Å². The number of fused-ring (bicyclic) bond motifs is 1. The van der Waals surface area contributed by atoms with Crippen LogP contribution in [-0.4, -0.2) is 16.7 Å². The molecule has 0 unspecified atom stereocenters. The Kier molecular flexibility index (Phi) is 3.40. The van der Waals surface area contributed by atoms with E-state index in [0.29, 0.717) is 4.77 Å². The molecule has 3 aromatic rings. The first kappa shape index (κ1) is 13.4. The number of rotatable bonds is 2. The molecule has 3 nitrogen and oxygen atoms in total. The number of aryl methyl sites for hydroxylation is 1. The van der Waals surface area contributed by atoms with Crippen LogP contribution in [0.4, 0.5) is 0 Å². The van der Waals surface area contributed by atoms with Crippen molar-refractivity contribution in [3.05, 3.63) is 51.2 Å². The van der Waals surface area contributed by atoms with Gasteiger partial charge < -0.3 is 9.72 Å². The average molecular weight is 349 g/mol. The van der Waals surface area contributed by atoms with Crippen molar-refractivity contribution in [3.8, 4) is 11.4 Å². The van der Waals surface area contributed by atoms with E-state index in [2.05, 4.69) is 40.0 Å². The van der Waals surface area contributed by atoms with Crippen molar-refractivity contribution >= 4 is 39.2 Å². The number of nitrogens with one attached hydrogen (secondary N) is 1. The molecule has 2 aromatic carbocycles. The minimum absolute atomic E-state index is 0.676. The molecule has 0 aliphatic heterocycles. The predicted octanol–water partition coefficient (Wildman–Crippen LogP) is 4.77. The van der Waals surface area contributed by atoms with Gasteiger partial charge in [-0.15, -0.1) is 0 Å². The molecular formula is C15H13BrN2OS. The minimum atomic E-state index is 0.676. The fourth-order valence-electron chi connectivity index (χ4n) is 2.26. The minimum Gasteiger partial charge on any atom is -0.495 e. The van der Waals surface area contributed by atoms with Gasteiger partial charge >= 0.3 is 0 Å². The first-order chi connectivity index (χ1) is 9.60. The van der Waals surface area contributed by atoms with Crippen molar-refractivity contribution in [3.63, 3.8) is 0 Å². The van der Waals surface area contributed by atoms with Crippen LogP contribution in [0.1, 0.15) is 5.56 Å². The van der Waals surface area contributed by atoms with Crippen molar-refractivity contribution in [2.45, 2.75) is 6.92 Å². The molecule has 0 aliphatic carbocycles. The summed E-state index contributed by atoms with van der Waals surface area (Å²) in [6, 6.07) is 12.2. The Hall–Kier alpha value is -1.59. The van der Waals surface area contributed by atoms with E-state index in [-0.39, 0.29) is 0 Å². The Morgan fingerprint density at radius 3 is 2.75 bits per heavy atom. The molecule has 102 valence electrons. The lowest BCUT2D eigenvalue weighted by molar-refractivity contribution is 0.412. The third-order valence-electron chi connectivity index (χ3n) is 3.23. The van der Waals surface area contributed by atoms with Gasteiger partial charge in [-0.3, -0.25) is 4.57 Å². The predicted molar refractivity (Wildman–Crippen MR) is 87.4 cm³/mol. The standard InChI is InChI=1S/C15H13BrN2OS/c1-9-3-6-12-13(7-9)18(15(20)17-12)10-4-5-11(16)14(8-10)19-2/h3-8H,1-2H3,(H,17,20). The number of hydrogen-bond donors (Lipinski definition) is 1. The third-order valence-corrected chi connectivity index (χ3v) is 4.17. The Morgan fingerprint density at radius 1 is 1.20 bits per heavy atom. The second kappa shape index (κ2) is 5.07. The normalized spacial score (nSPS) is 10.9. The summed E-state index contributed by atoms with van der Waals surface area (Å²) in [5.74, 6) is 0.784. The van der Waals surface area contributed by atoms with E-state index in [4.69, 9.17) is 17.0 Å². The largest absolute Gasteiger partial charge is 0.495 e. The molecule has 20 heavy (non-hydrogen) atoms. The first-order valence-corrected chi connectivity index (χ1v) is 7.35. The van der Waals surface area contributed by atoms with E-state index in [9.17, 15) is 0 Å². The summed E-state index contributed by atoms with van der Waals surface area (Å²) < 4.78 is 8.97. The number of ether oxygens (including phenoxy) is 1. The molecule has 1 heterocycles. The van der Waals surface area contributed by atoms with E-state index in [1.165, 1.54) is 5.56 Å². The van der Waals surface area contributed by atoms with Crippen molar-refractivity contribution in [2.75, 3.05) is 7.11 Å². The highest BCUT2D eigenvalue weighted by Gasteiger charge is 2.09. The summed E-state index contributed by atoms with van der Waals surface area (Å²) in [7, 11) is 1.66. The topological polar surface area (TPSA) is 29.9 Å². The van der Waals surface area contributed by atoms with Crippen molar-refractivity contribution in [1.29, 1.82) is 0 Å². The van der Waals surface area contributed by atoms with Gasteiger partial charge in [0.2, 0.25) is 0 Å². The highest BCUT2D eigenvalue weighted by atomic mass is 79.9. The van der Waals surface area contributed by atoms with E-state index in [0.717, 1.165) is 26.9 Å². The second-order valence-corrected chi connectivity index (χ2v) is 5.85. The van der Waals surface area contributed by atoms with Crippen LogP contribution < -0.4 is 4.74 Å². The lowest BCUT2D eigenvalue weighted by atomic mass is 10.2. The molecule has 1 aromatic heterocycles. The number of aromatic amines is 1. The molecule has 0 saturated heterocycles. The fraction of sp³-hybridized carbons (Fsp3) is 0.133. The molecule has 0 fully saturated rings. The SMILES string of the molecule is COc1cc(-n2c(=S)[nH]c3ccc(C)cc32)ccc1Br. The van der Waals surface area contributed by atoms with E-state index >= 15 is 0 Å². The van der Waals surface area contributed by atoms with Crippen LogP contribution in [0.3, 0.4) is 0 Å². The maximum Gasteiger partial charge on any atom is 0.182 e. The van der Waals surface area contributed by atoms with Crippen LogP contribution in [0.15, 0.2) is 40.9 Å². The zero-order valence-electron chi connectivity index (χ0n) is 11.1. The van der Waals surface area contributed by atoms with Gasteiger partial charge in [0.1, 0.15) is 5.75 Å². The number of benzene rings is 2. The first-order valence-electron chi connectivity index (χ1n) is 6.15. The van der Waals surface area contributed by atoms with Gasteiger partial charge in [-0.25, -0.2) is 0 Å². The summed E-state index contributed by atoms with van der Waals surface area (Å²) in [5.41, 5.74) is 4.28. The maximum atomic E-state index is 5.45. The van der Waals surface area contributed by atoms with Crippen LogP contribution in [0.2, 0.25) is 0 Å². The van der Waals surface area contributed by atoms with E-state index < -0.39 is 0 Å². The molecule has 1 N–H and O–H groups in total. The third kappa shape index (κ3) is 2.17. The average Bonchev–Trinajstić information content (AvgIpc) is 2.75. The summed E-state index contributed by atoms with van der Waals surface area (Å²) in [6.07, 6.45) is 0. The van der Waals surface area contributed by atoms with Gasteiger partial charge in [-0.2, -0.15) is 0 Å². The van der Waals surface area contributed by atoms with Crippen molar-refractivity contribution in [1.82, 2.24) is 9.55 Å². The molecule has 5 heteroatoms. The molecule has 0 amide bonds. The van der Waals surface area contributed by atoms with Crippen molar-refractivity contribution in [2.24, 2.45) is 0 Å². The van der Waals surface area contributed by atoms with Crippen LogP contribution in [0.25, 0.3) is 16.7 Å². The van der Waals surface area contributed by atoms with E-state index in [1.54, 1.807) is 7.11 Å². The molecule has 0 spiro atoms. The summed E-state index contributed by atoms with van der Waals surface area (Å²) >= 11 is 8.91. The smallest absolute Gasteiger partial charge is 0.182 e. The highest BCUT2D eigenvalue weighted by molar-refractivity contribution is 9.10. The number of methoxy groups -OCH3 is 1. The van der Waals surface area contributed by atoms with Crippen LogP contribution in [0.5, 0.6) is 5.75 Å². The molecular weight excluding hydrogens is 336 g/mol. The molecule has 0 bridgehead atoms. The molecule has 0 aliphatic rings. The van der Waals surface area contributed by atoms with Crippen LogP contribution >= 0.6 is 28.1 Å². The zero-order chi connectivity index (χ0) is 14.3. The zero-order valence-corrected chi connectivity index (χ0v) is 13.5. The number of nitrogens with zero attached hydrogens (tertiary/aromatic N) is 1. The van der Waals surface area contributed by atoms with Crippen LogP contribution in [0, 0.1) is 11.7 Å². The molecule has 0 radical (unpaired) electrons. The number of aromatic nitrogens is 2. The van der Waals surface area contributed by atoms with Gasteiger partial charge in [-0.1, -0.05) is 6.07 Å². The Balaban J connectivity index is 2.31. The van der Waals surface area contributed by atoms with Gasteiger partial charge in [0.25, 0.3) is 0 Å². The van der Waals surface area contributed by atoms with Gasteiger partial charge in [0, 0.05) is 6.07 Å². The van der Waals surface area contributed by atoms with Crippen molar-refractivity contribution < 1.29 is 4.74 Å². The monoisotopic (exact) mass is 348 g/mol. The lowest BCUT2D eigenvalue weighted by Gasteiger charge is -2.09. The van der Waals surface area contributed by atoms with Gasteiger partial charge in [0.15, 0.2) is 4.77 Å². The van der Waals surface area contributed by atoms with Gasteiger partial charge in [-0.05, 0) is 64.9 Å². The number of hydrogen-bond acceptors (Lipinski definition) is 2. The molecule has 0 atom stereocenters. The Morgan fingerprint density at radius 2 is 2.00 bits per heavy atom. The summed E-state index contributed by atoms with van der Waals surface area (Å²) in [5, 5.41) is 0. The summed E-state index contributed by atoms with van der Waals surface area (Å²) in [4.78, 5) is 3.23. The maximum absolute atomic E-state index is 5.45. The molecule has 3 rings (SSSR count). The Labute approximate surface area is 130 Å². The van der Waals surface area contributed by atoms with Crippen LogP contribution in [-0.2, 0) is 0 Å². The van der Waals surface area contributed by atoms with E-state index in [1.807, 2.05) is 28.8 Å². The highest BCUT2D eigenvalue weighted by Crippen LogP contribution is 2.29. The number of imidazole rings is 1. The molecule has 0 saturated carbocycles.